The van der Waals surface area contributed by atoms with Gasteiger partial charge in [-0.15, -0.1) is 0 Å². The highest BCUT2D eigenvalue weighted by molar-refractivity contribution is 9.11. The van der Waals surface area contributed by atoms with Crippen LogP contribution in [-0.4, -0.2) is 19.2 Å². The van der Waals surface area contributed by atoms with E-state index < -0.39 is 5.97 Å². The molecule has 0 saturated carbocycles. The first kappa shape index (κ1) is 10.3. The number of esters is 1. The molecule has 0 bridgehead atoms. The minimum atomic E-state index is -0.405. The monoisotopic (exact) mass is 246 g/mol. The molecule has 13 heavy (non-hydrogen) atoms. The van der Waals surface area contributed by atoms with Gasteiger partial charge in [0.25, 0.3) is 0 Å². The number of halogens is 1. The van der Waals surface area contributed by atoms with Crippen molar-refractivity contribution in [3.8, 4) is 0 Å². The molecule has 0 N–H and O–H groups in total. The number of methoxy groups -OCH3 is 1. The van der Waals surface area contributed by atoms with E-state index in [9.17, 15) is 4.79 Å². The molecule has 0 radical (unpaired) electrons. The van der Waals surface area contributed by atoms with Gasteiger partial charge < -0.3 is 9.47 Å². The van der Waals surface area contributed by atoms with Gasteiger partial charge >= 0.3 is 5.97 Å². The first-order valence-electron chi connectivity index (χ1n) is 3.99. The van der Waals surface area contributed by atoms with Crippen LogP contribution in [0.1, 0.15) is 12.8 Å². The Bertz CT molecular complexity index is 245. The first-order chi connectivity index (χ1) is 6.24. The van der Waals surface area contributed by atoms with E-state index in [2.05, 4.69) is 26.7 Å². The van der Waals surface area contributed by atoms with Crippen LogP contribution < -0.4 is 0 Å². The lowest BCUT2D eigenvalue weighted by Crippen LogP contribution is -2.05. The summed E-state index contributed by atoms with van der Waals surface area (Å²) in [6.07, 6.45) is 6.72. The molecule has 0 saturated heterocycles. The van der Waals surface area contributed by atoms with Crippen LogP contribution in [0.5, 0.6) is 0 Å². The predicted molar refractivity (Wildman–Crippen MR) is 52.3 cm³/mol. The highest BCUT2D eigenvalue weighted by atomic mass is 79.9. The Morgan fingerprint density at radius 1 is 1.77 bits per heavy atom. The Labute approximate surface area is 85.5 Å². The molecule has 1 aliphatic rings. The van der Waals surface area contributed by atoms with Gasteiger partial charge in [-0.2, -0.15) is 0 Å². The summed E-state index contributed by atoms with van der Waals surface area (Å²) < 4.78 is 10.7. The van der Waals surface area contributed by atoms with Crippen molar-refractivity contribution in [2.45, 2.75) is 18.9 Å². The summed E-state index contributed by atoms with van der Waals surface area (Å²) in [4.78, 5) is 10.7. The van der Waals surface area contributed by atoms with E-state index in [0.717, 1.165) is 17.3 Å². The second-order valence-corrected chi connectivity index (χ2v) is 3.53. The first-order valence-corrected chi connectivity index (χ1v) is 4.79. The molecule has 0 amide bonds. The molecular weight excluding hydrogens is 236 g/mol. The molecule has 0 spiro atoms. The molecule has 0 aromatic rings. The normalized spacial score (nSPS) is 21.7. The smallest absolute Gasteiger partial charge is 0.333 e. The maximum atomic E-state index is 10.7. The zero-order valence-corrected chi connectivity index (χ0v) is 8.91. The summed E-state index contributed by atoms with van der Waals surface area (Å²) >= 11 is 3.38. The summed E-state index contributed by atoms with van der Waals surface area (Å²) in [5.41, 5.74) is 0. The van der Waals surface area contributed by atoms with Crippen molar-refractivity contribution >= 4 is 21.9 Å². The van der Waals surface area contributed by atoms with Gasteiger partial charge in [-0.1, -0.05) is 22.0 Å². The van der Waals surface area contributed by atoms with Crippen LogP contribution in [0.2, 0.25) is 0 Å². The lowest BCUT2D eigenvalue weighted by atomic mass is 10.3. The lowest BCUT2D eigenvalue weighted by Gasteiger charge is -2.09. The molecule has 1 aliphatic carbocycles. The van der Waals surface area contributed by atoms with E-state index in [1.54, 1.807) is 0 Å². The van der Waals surface area contributed by atoms with Crippen molar-refractivity contribution in [2.75, 3.05) is 7.11 Å². The van der Waals surface area contributed by atoms with Crippen LogP contribution >= 0.6 is 15.9 Å². The summed E-state index contributed by atoms with van der Waals surface area (Å²) in [6, 6.07) is 0. The molecule has 0 aliphatic heterocycles. The third-order valence-corrected chi connectivity index (χ3v) is 2.56. The van der Waals surface area contributed by atoms with Crippen molar-refractivity contribution in [2.24, 2.45) is 0 Å². The van der Waals surface area contributed by atoms with Crippen molar-refractivity contribution in [3.63, 3.8) is 0 Å². The third kappa shape index (κ3) is 3.22. The molecule has 3 nitrogen and oxygen atoms in total. The zero-order valence-electron chi connectivity index (χ0n) is 7.33. The van der Waals surface area contributed by atoms with Gasteiger partial charge in [0.15, 0.2) is 0 Å². The maximum Gasteiger partial charge on any atom is 0.333 e. The molecular formula is C9H11BrO3. The Morgan fingerprint density at radius 2 is 2.54 bits per heavy atom. The fourth-order valence-electron chi connectivity index (χ4n) is 1.03. The summed E-state index contributed by atoms with van der Waals surface area (Å²) in [5.74, 6) is -0.405. The highest BCUT2D eigenvalue weighted by Crippen LogP contribution is 2.26. The fourth-order valence-corrected chi connectivity index (χ4v) is 1.60. The predicted octanol–water partition coefficient (Wildman–Crippen LogP) is 2.13. The summed E-state index contributed by atoms with van der Waals surface area (Å²) in [5, 5.41) is 0. The van der Waals surface area contributed by atoms with Crippen LogP contribution in [0.4, 0.5) is 0 Å². The Hall–Kier alpha value is -0.770. The Morgan fingerprint density at radius 3 is 3.08 bits per heavy atom. The number of carbonyl (C=O) groups excluding carboxylic acids is 1. The Balaban J connectivity index is 2.30. The van der Waals surface area contributed by atoms with E-state index >= 15 is 0 Å². The van der Waals surface area contributed by atoms with E-state index in [4.69, 9.17) is 4.74 Å². The largest absolute Gasteiger partial charge is 0.493 e. The molecule has 0 fully saturated rings. The van der Waals surface area contributed by atoms with Gasteiger partial charge in [0.05, 0.1) is 19.4 Å². The summed E-state index contributed by atoms with van der Waals surface area (Å²) in [7, 11) is 1.33. The van der Waals surface area contributed by atoms with Crippen LogP contribution in [-0.2, 0) is 14.3 Å². The van der Waals surface area contributed by atoms with Gasteiger partial charge in [-0.25, -0.2) is 4.79 Å². The minimum absolute atomic E-state index is 0.0564. The van der Waals surface area contributed by atoms with E-state index in [-0.39, 0.29) is 6.10 Å². The number of hydrogen-bond donors (Lipinski definition) is 0. The molecule has 1 rings (SSSR count). The van der Waals surface area contributed by atoms with Gasteiger partial charge in [0, 0.05) is 4.48 Å². The van der Waals surface area contributed by atoms with Crippen molar-refractivity contribution in [1.82, 2.24) is 0 Å². The second-order valence-electron chi connectivity index (χ2n) is 2.62. The van der Waals surface area contributed by atoms with Gasteiger partial charge in [0.1, 0.15) is 6.10 Å². The Kier molecular flexibility index (Phi) is 4.02. The van der Waals surface area contributed by atoms with E-state index in [0.29, 0.717) is 0 Å². The van der Waals surface area contributed by atoms with Gasteiger partial charge in [0.2, 0.25) is 0 Å². The van der Waals surface area contributed by atoms with Crippen molar-refractivity contribution in [1.29, 1.82) is 0 Å². The quantitative estimate of drug-likeness (QED) is 0.435. The average molecular weight is 247 g/mol. The van der Waals surface area contributed by atoms with Crippen LogP contribution in [0, 0.1) is 0 Å². The van der Waals surface area contributed by atoms with Gasteiger partial charge in [-0.3, -0.25) is 0 Å². The van der Waals surface area contributed by atoms with Crippen molar-refractivity contribution in [3.05, 3.63) is 22.9 Å². The second kappa shape index (κ2) is 5.07. The SMILES string of the molecule is COC(=O)/C=C/O[C@H]1CCC=C1Br. The topological polar surface area (TPSA) is 35.5 Å². The van der Waals surface area contributed by atoms with Crippen LogP contribution in [0.3, 0.4) is 0 Å². The van der Waals surface area contributed by atoms with Crippen LogP contribution in [0.25, 0.3) is 0 Å². The molecule has 72 valence electrons. The molecule has 0 unspecified atom stereocenters. The number of ether oxygens (including phenoxy) is 2. The summed E-state index contributed by atoms with van der Waals surface area (Å²) in [6.45, 7) is 0. The molecule has 0 aromatic carbocycles. The zero-order chi connectivity index (χ0) is 9.68. The minimum Gasteiger partial charge on any atom is -0.493 e. The van der Waals surface area contributed by atoms with Gasteiger partial charge in [-0.05, 0) is 12.8 Å². The number of allylic oxidation sites excluding steroid dienone is 1. The number of carbonyl (C=O) groups is 1. The maximum absolute atomic E-state index is 10.7. The average Bonchev–Trinajstić information content (AvgIpc) is 2.52. The molecule has 0 heterocycles. The third-order valence-electron chi connectivity index (χ3n) is 1.72. The fraction of sp³-hybridized carbons (Fsp3) is 0.444. The standard InChI is InChI=1S/C9H11BrO3/c1-12-9(11)5-6-13-8-4-2-3-7(8)10/h3,5-6,8H,2,4H2,1H3/b6-5+/t8-/m0/s1. The highest BCUT2D eigenvalue weighted by Gasteiger charge is 2.16. The molecule has 1 atom stereocenters. The number of hydrogen-bond acceptors (Lipinski definition) is 3. The molecule has 0 aromatic heterocycles. The number of rotatable bonds is 3. The van der Waals surface area contributed by atoms with E-state index in [1.165, 1.54) is 19.4 Å². The molecule has 4 heteroatoms. The van der Waals surface area contributed by atoms with Crippen molar-refractivity contribution < 1.29 is 14.3 Å². The van der Waals surface area contributed by atoms with Crippen LogP contribution in [0.15, 0.2) is 22.9 Å². The lowest BCUT2D eigenvalue weighted by molar-refractivity contribution is -0.135. The van der Waals surface area contributed by atoms with E-state index in [1.807, 2.05) is 0 Å².